The Bertz CT molecular complexity index is 1040. The Morgan fingerprint density at radius 1 is 1.03 bits per heavy atom. The summed E-state index contributed by atoms with van der Waals surface area (Å²) in [5.74, 6) is 0.966. The molecule has 0 bridgehead atoms. The molecule has 0 aliphatic rings. The van der Waals surface area contributed by atoms with Crippen LogP contribution >= 0.6 is 0 Å². The lowest BCUT2D eigenvalue weighted by Crippen LogP contribution is -2.34. The molecule has 2 aromatic carbocycles. The van der Waals surface area contributed by atoms with Crippen LogP contribution in [0.1, 0.15) is 12.5 Å². The molecule has 30 heavy (non-hydrogen) atoms. The third kappa shape index (κ3) is 5.94. The number of amides is 1. The van der Waals surface area contributed by atoms with Crippen LogP contribution in [0, 0.1) is 6.92 Å². The molecule has 3 rings (SSSR count). The zero-order valence-corrected chi connectivity index (χ0v) is 17.1. The van der Waals surface area contributed by atoms with Gasteiger partial charge in [0.2, 0.25) is 0 Å². The number of rotatable bonds is 9. The van der Waals surface area contributed by atoms with Crippen LogP contribution in [-0.2, 0) is 11.3 Å². The first-order valence-electron chi connectivity index (χ1n) is 9.82. The highest BCUT2D eigenvalue weighted by atomic mass is 16.5. The normalized spacial score (nSPS) is 10.5. The van der Waals surface area contributed by atoms with Crippen LogP contribution in [0.25, 0.3) is 11.3 Å². The molecule has 0 fully saturated rings. The monoisotopic (exact) mass is 407 g/mol. The van der Waals surface area contributed by atoms with Gasteiger partial charge in [0.05, 0.1) is 18.8 Å². The van der Waals surface area contributed by atoms with E-state index in [9.17, 15) is 9.59 Å². The van der Waals surface area contributed by atoms with Crippen molar-refractivity contribution in [3.05, 3.63) is 76.6 Å². The molecule has 156 valence electrons. The molecule has 0 radical (unpaired) electrons. The van der Waals surface area contributed by atoms with Gasteiger partial charge >= 0.3 is 0 Å². The van der Waals surface area contributed by atoms with Gasteiger partial charge < -0.3 is 14.8 Å². The van der Waals surface area contributed by atoms with E-state index in [0.717, 1.165) is 11.1 Å². The molecule has 1 heterocycles. The molecule has 1 amide bonds. The Kier molecular flexibility index (Phi) is 7.21. The van der Waals surface area contributed by atoms with Crippen molar-refractivity contribution < 1.29 is 14.3 Å². The van der Waals surface area contributed by atoms with E-state index in [1.165, 1.54) is 10.7 Å². The number of nitrogens with one attached hydrogen (secondary N) is 1. The molecule has 1 aromatic heterocycles. The lowest BCUT2D eigenvalue weighted by atomic mass is 10.1. The third-order valence-electron chi connectivity index (χ3n) is 4.35. The fourth-order valence-electron chi connectivity index (χ4n) is 2.81. The number of aryl methyl sites for hydroxylation is 1. The Morgan fingerprint density at radius 2 is 1.77 bits per heavy atom. The summed E-state index contributed by atoms with van der Waals surface area (Å²) in [6, 6.07) is 18.2. The SMILES string of the molecule is CCOc1cccc(OCC(=O)NCCn2nc(-c3ccc(C)cc3)ccc2=O)c1. The maximum Gasteiger partial charge on any atom is 0.266 e. The first-order chi connectivity index (χ1) is 14.5. The van der Waals surface area contributed by atoms with Crippen LogP contribution < -0.4 is 20.3 Å². The van der Waals surface area contributed by atoms with Gasteiger partial charge in [-0.2, -0.15) is 5.10 Å². The van der Waals surface area contributed by atoms with Crippen LogP contribution in [-0.4, -0.2) is 35.4 Å². The predicted octanol–water partition coefficient (Wildman–Crippen LogP) is 2.81. The molecular formula is C23H25N3O4. The summed E-state index contributed by atoms with van der Waals surface area (Å²) in [6.45, 7) is 4.89. The van der Waals surface area contributed by atoms with Gasteiger partial charge in [-0.05, 0) is 32.0 Å². The van der Waals surface area contributed by atoms with Crippen LogP contribution in [0.4, 0.5) is 0 Å². The predicted molar refractivity (Wildman–Crippen MR) is 115 cm³/mol. The van der Waals surface area contributed by atoms with Crippen molar-refractivity contribution in [3.8, 4) is 22.8 Å². The highest BCUT2D eigenvalue weighted by Crippen LogP contribution is 2.19. The van der Waals surface area contributed by atoms with Gasteiger partial charge in [0.15, 0.2) is 6.61 Å². The van der Waals surface area contributed by atoms with Gasteiger partial charge in [0.25, 0.3) is 11.5 Å². The average Bonchev–Trinajstić information content (AvgIpc) is 2.75. The Labute approximate surface area is 175 Å². The maximum absolute atomic E-state index is 12.1. The molecule has 1 N–H and O–H groups in total. The van der Waals surface area contributed by atoms with Crippen molar-refractivity contribution in [2.45, 2.75) is 20.4 Å². The molecule has 7 nitrogen and oxygen atoms in total. The Hall–Kier alpha value is -3.61. The van der Waals surface area contributed by atoms with E-state index in [0.29, 0.717) is 23.8 Å². The second kappa shape index (κ2) is 10.2. The Balaban J connectivity index is 1.51. The second-order valence-electron chi connectivity index (χ2n) is 6.69. The van der Waals surface area contributed by atoms with E-state index < -0.39 is 0 Å². The number of benzene rings is 2. The van der Waals surface area contributed by atoms with Gasteiger partial charge in [-0.25, -0.2) is 4.68 Å². The fourth-order valence-corrected chi connectivity index (χ4v) is 2.81. The number of aromatic nitrogens is 2. The smallest absolute Gasteiger partial charge is 0.266 e. The van der Waals surface area contributed by atoms with E-state index >= 15 is 0 Å². The molecule has 0 aliphatic heterocycles. The fraction of sp³-hybridized carbons (Fsp3) is 0.261. The number of carbonyl (C=O) groups is 1. The largest absolute Gasteiger partial charge is 0.494 e. The molecule has 0 aliphatic carbocycles. The summed E-state index contributed by atoms with van der Waals surface area (Å²) in [6.07, 6.45) is 0. The summed E-state index contributed by atoms with van der Waals surface area (Å²) in [7, 11) is 0. The number of hydrogen-bond acceptors (Lipinski definition) is 5. The van der Waals surface area contributed by atoms with Crippen molar-refractivity contribution in [3.63, 3.8) is 0 Å². The van der Waals surface area contributed by atoms with Crippen molar-refractivity contribution >= 4 is 5.91 Å². The number of hydrogen-bond donors (Lipinski definition) is 1. The molecule has 0 saturated carbocycles. The Morgan fingerprint density at radius 3 is 2.50 bits per heavy atom. The standard InChI is InChI=1S/C23H25N3O4/c1-3-29-19-5-4-6-20(15-19)30-16-22(27)24-13-14-26-23(28)12-11-21(25-26)18-9-7-17(2)8-10-18/h4-12,15H,3,13-14,16H2,1-2H3,(H,24,27). The molecule has 0 atom stereocenters. The molecule has 0 spiro atoms. The minimum absolute atomic E-state index is 0.124. The summed E-state index contributed by atoms with van der Waals surface area (Å²) >= 11 is 0. The second-order valence-corrected chi connectivity index (χ2v) is 6.69. The minimum atomic E-state index is -0.278. The summed E-state index contributed by atoms with van der Waals surface area (Å²) in [5, 5.41) is 7.14. The van der Waals surface area contributed by atoms with E-state index in [4.69, 9.17) is 9.47 Å². The molecular weight excluding hydrogens is 382 g/mol. The van der Waals surface area contributed by atoms with Gasteiger partial charge in [-0.3, -0.25) is 9.59 Å². The van der Waals surface area contributed by atoms with Crippen LogP contribution in [0.2, 0.25) is 0 Å². The summed E-state index contributed by atoms with van der Waals surface area (Å²) in [5.41, 5.74) is 2.57. The zero-order chi connectivity index (χ0) is 21.3. The topological polar surface area (TPSA) is 82.4 Å². The van der Waals surface area contributed by atoms with Gasteiger partial charge in [-0.1, -0.05) is 35.9 Å². The van der Waals surface area contributed by atoms with E-state index in [2.05, 4.69) is 10.4 Å². The lowest BCUT2D eigenvalue weighted by molar-refractivity contribution is -0.123. The van der Waals surface area contributed by atoms with Crippen LogP contribution in [0.5, 0.6) is 11.5 Å². The van der Waals surface area contributed by atoms with E-state index in [1.54, 1.807) is 24.3 Å². The first kappa shape index (κ1) is 21.1. The minimum Gasteiger partial charge on any atom is -0.494 e. The van der Waals surface area contributed by atoms with E-state index in [1.807, 2.05) is 44.2 Å². The first-order valence-corrected chi connectivity index (χ1v) is 9.82. The van der Waals surface area contributed by atoms with E-state index in [-0.39, 0.29) is 31.2 Å². The summed E-state index contributed by atoms with van der Waals surface area (Å²) < 4.78 is 12.2. The molecule has 7 heteroatoms. The van der Waals surface area contributed by atoms with Gasteiger partial charge in [0, 0.05) is 24.2 Å². The summed E-state index contributed by atoms with van der Waals surface area (Å²) in [4.78, 5) is 24.1. The van der Waals surface area contributed by atoms with Crippen LogP contribution in [0.15, 0.2) is 65.5 Å². The van der Waals surface area contributed by atoms with Crippen molar-refractivity contribution in [2.75, 3.05) is 19.8 Å². The number of ether oxygens (including phenoxy) is 2. The third-order valence-corrected chi connectivity index (χ3v) is 4.35. The molecule has 3 aromatic rings. The van der Waals surface area contributed by atoms with Gasteiger partial charge in [0.1, 0.15) is 11.5 Å². The quantitative estimate of drug-likeness (QED) is 0.590. The van der Waals surface area contributed by atoms with Crippen molar-refractivity contribution in [1.29, 1.82) is 0 Å². The zero-order valence-electron chi connectivity index (χ0n) is 17.1. The highest BCUT2D eigenvalue weighted by molar-refractivity contribution is 5.77. The van der Waals surface area contributed by atoms with Gasteiger partial charge in [-0.15, -0.1) is 0 Å². The average molecular weight is 407 g/mol. The number of carbonyl (C=O) groups excluding carboxylic acids is 1. The van der Waals surface area contributed by atoms with Crippen molar-refractivity contribution in [1.82, 2.24) is 15.1 Å². The van der Waals surface area contributed by atoms with Crippen LogP contribution in [0.3, 0.4) is 0 Å². The lowest BCUT2D eigenvalue weighted by Gasteiger charge is -2.10. The highest BCUT2D eigenvalue weighted by Gasteiger charge is 2.06. The maximum atomic E-state index is 12.1. The molecule has 0 saturated heterocycles. The van der Waals surface area contributed by atoms with Crippen molar-refractivity contribution in [2.24, 2.45) is 0 Å². The molecule has 0 unspecified atom stereocenters. The number of nitrogens with zero attached hydrogens (tertiary/aromatic N) is 2.